The summed E-state index contributed by atoms with van der Waals surface area (Å²) in [6.45, 7) is 4.88. The van der Waals surface area contributed by atoms with Crippen LogP contribution in [-0.4, -0.2) is 31.4 Å². The zero-order valence-corrected chi connectivity index (χ0v) is 8.61. The number of hydrogen-bond donors (Lipinski definition) is 2. The van der Waals surface area contributed by atoms with Crippen molar-refractivity contribution in [3.05, 3.63) is 0 Å². The van der Waals surface area contributed by atoms with Crippen molar-refractivity contribution < 1.29 is 13.5 Å². The molecule has 0 bridgehead atoms. The van der Waals surface area contributed by atoms with E-state index in [1.807, 2.05) is 0 Å². The molecule has 12 heavy (non-hydrogen) atoms. The second-order valence-electron chi connectivity index (χ2n) is 3.46. The van der Waals surface area contributed by atoms with Crippen LogP contribution in [0.1, 0.15) is 27.2 Å². The van der Waals surface area contributed by atoms with Crippen molar-refractivity contribution in [3.63, 3.8) is 0 Å². The Bertz CT molecular complexity index is 221. The minimum Gasteiger partial charge on any atom is -0.394 e. The lowest BCUT2D eigenvalue weighted by Gasteiger charge is -2.22. The first-order chi connectivity index (χ1) is 5.33. The highest BCUT2D eigenvalue weighted by Crippen LogP contribution is 2.03. The maximum atomic E-state index is 11.2. The summed E-state index contributed by atoms with van der Waals surface area (Å²) < 4.78 is 24.8. The standard InChI is InChI=1S/C7H17NO3S/c1-4-5-12(10,11)8-7(2,3)6-9/h8-9H,4-6H2,1-3H3. The highest BCUT2D eigenvalue weighted by Gasteiger charge is 2.22. The van der Waals surface area contributed by atoms with E-state index in [-0.39, 0.29) is 12.4 Å². The van der Waals surface area contributed by atoms with Gasteiger partial charge in [-0.3, -0.25) is 0 Å². The van der Waals surface area contributed by atoms with Crippen molar-refractivity contribution in [2.45, 2.75) is 32.7 Å². The molecule has 4 nitrogen and oxygen atoms in total. The lowest BCUT2D eigenvalue weighted by Crippen LogP contribution is -2.46. The molecule has 0 amide bonds. The van der Waals surface area contributed by atoms with Crippen LogP contribution in [0.4, 0.5) is 0 Å². The van der Waals surface area contributed by atoms with Crippen molar-refractivity contribution in [2.75, 3.05) is 12.4 Å². The first-order valence-electron chi connectivity index (χ1n) is 3.95. The molecule has 5 heteroatoms. The Balaban J connectivity index is 4.25. The normalized spacial score (nSPS) is 13.3. The molecule has 0 aromatic carbocycles. The third-order valence-corrected chi connectivity index (χ3v) is 3.11. The quantitative estimate of drug-likeness (QED) is 0.653. The van der Waals surface area contributed by atoms with Crippen LogP contribution in [-0.2, 0) is 10.0 Å². The van der Waals surface area contributed by atoms with Gasteiger partial charge >= 0.3 is 0 Å². The predicted octanol–water partition coefficient (Wildman–Crippen LogP) is 0.0867. The Labute approximate surface area is 74.0 Å². The molecular formula is C7H17NO3S. The predicted molar refractivity (Wildman–Crippen MR) is 48.4 cm³/mol. The number of nitrogens with one attached hydrogen (secondary N) is 1. The third-order valence-electron chi connectivity index (χ3n) is 1.30. The smallest absolute Gasteiger partial charge is 0.212 e. The highest BCUT2D eigenvalue weighted by molar-refractivity contribution is 7.89. The summed E-state index contributed by atoms with van der Waals surface area (Å²) in [4.78, 5) is 0. The van der Waals surface area contributed by atoms with Crippen LogP contribution in [0, 0.1) is 0 Å². The third kappa shape index (κ3) is 4.69. The van der Waals surface area contributed by atoms with Crippen molar-refractivity contribution in [3.8, 4) is 0 Å². The number of sulfonamides is 1. The average molecular weight is 195 g/mol. The molecule has 0 rings (SSSR count). The van der Waals surface area contributed by atoms with Gasteiger partial charge in [-0.15, -0.1) is 0 Å². The number of hydrogen-bond acceptors (Lipinski definition) is 3. The van der Waals surface area contributed by atoms with Crippen LogP contribution in [0.15, 0.2) is 0 Å². The van der Waals surface area contributed by atoms with Crippen molar-refractivity contribution in [1.29, 1.82) is 0 Å². The summed E-state index contributed by atoms with van der Waals surface area (Å²) in [5.41, 5.74) is -0.756. The van der Waals surface area contributed by atoms with Gasteiger partial charge in [-0.05, 0) is 20.3 Å². The SMILES string of the molecule is CCCS(=O)(=O)NC(C)(C)CO. The number of rotatable bonds is 5. The molecule has 0 spiro atoms. The van der Waals surface area contributed by atoms with E-state index < -0.39 is 15.6 Å². The van der Waals surface area contributed by atoms with Gasteiger partial charge in [0.1, 0.15) is 0 Å². The fourth-order valence-electron chi connectivity index (χ4n) is 0.773. The summed E-state index contributed by atoms with van der Waals surface area (Å²) in [6.07, 6.45) is 0.580. The number of aliphatic hydroxyl groups excluding tert-OH is 1. The fraction of sp³-hybridized carbons (Fsp3) is 1.00. The maximum Gasteiger partial charge on any atom is 0.212 e. The van der Waals surface area contributed by atoms with E-state index in [4.69, 9.17) is 5.11 Å². The molecule has 0 aromatic heterocycles. The van der Waals surface area contributed by atoms with Crippen molar-refractivity contribution in [1.82, 2.24) is 4.72 Å². The van der Waals surface area contributed by atoms with Gasteiger partial charge in [0.2, 0.25) is 10.0 Å². The zero-order chi connectivity index (χ0) is 9.83. The largest absolute Gasteiger partial charge is 0.394 e. The monoisotopic (exact) mass is 195 g/mol. The molecule has 0 aromatic rings. The Kier molecular flexibility index (Phi) is 4.16. The Morgan fingerprint density at radius 3 is 2.25 bits per heavy atom. The molecule has 0 saturated carbocycles. The van der Waals surface area contributed by atoms with Gasteiger partial charge in [0.05, 0.1) is 17.9 Å². The average Bonchev–Trinajstić information content (AvgIpc) is 1.85. The molecule has 0 aliphatic carbocycles. The summed E-state index contributed by atoms with van der Waals surface area (Å²) in [7, 11) is -3.21. The van der Waals surface area contributed by atoms with E-state index in [9.17, 15) is 8.42 Å². The van der Waals surface area contributed by atoms with E-state index in [2.05, 4.69) is 4.72 Å². The molecule has 0 aliphatic rings. The van der Waals surface area contributed by atoms with Crippen LogP contribution in [0.3, 0.4) is 0 Å². The van der Waals surface area contributed by atoms with Crippen molar-refractivity contribution in [2.24, 2.45) is 0 Å². The molecule has 0 unspecified atom stereocenters. The van der Waals surface area contributed by atoms with Gasteiger partial charge in [0.25, 0.3) is 0 Å². The van der Waals surface area contributed by atoms with Gasteiger partial charge in [0.15, 0.2) is 0 Å². The minimum absolute atomic E-state index is 0.108. The van der Waals surface area contributed by atoms with E-state index in [1.165, 1.54) is 0 Å². The van der Waals surface area contributed by atoms with E-state index in [0.29, 0.717) is 6.42 Å². The van der Waals surface area contributed by atoms with Crippen LogP contribution in [0.5, 0.6) is 0 Å². The Hall–Kier alpha value is -0.130. The Morgan fingerprint density at radius 1 is 1.42 bits per heavy atom. The van der Waals surface area contributed by atoms with Gasteiger partial charge in [-0.2, -0.15) is 0 Å². The topological polar surface area (TPSA) is 66.4 Å². The molecule has 0 aliphatic heterocycles. The van der Waals surface area contributed by atoms with Gasteiger partial charge in [-0.1, -0.05) is 6.92 Å². The minimum atomic E-state index is -3.21. The number of aliphatic hydroxyl groups is 1. The lowest BCUT2D eigenvalue weighted by molar-refractivity contribution is 0.208. The first kappa shape index (κ1) is 11.9. The summed E-state index contributed by atoms with van der Waals surface area (Å²) in [5.74, 6) is 0.108. The van der Waals surface area contributed by atoms with Crippen molar-refractivity contribution >= 4 is 10.0 Å². The summed E-state index contributed by atoms with van der Waals surface area (Å²) in [5, 5.41) is 8.80. The fourth-order valence-corrected chi connectivity index (χ4v) is 2.32. The molecule has 0 saturated heterocycles. The summed E-state index contributed by atoms with van der Waals surface area (Å²) >= 11 is 0. The lowest BCUT2D eigenvalue weighted by atomic mass is 10.1. The van der Waals surface area contributed by atoms with Gasteiger partial charge in [0, 0.05) is 0 Å². The molecule has 0 atom stereocenters. The second kappa shape index (κ2) is 4.20. The van der Waals surface area contributed by atoms with E-state index in [0.717, 1.165) is 0 Å². The van der Waals surface area contributed by atoms with Gasteiger partial charge < -0.3 is 5.11 Å². The molecule has 0 heterocycles. The second-order valence-corrected chi connectivity index (χ2v) is 5.30. The first-order valence-corrected chi connectivity index (χ1v) is 5.61. The van der Waals surface area contributed by atoms with Crippen LogP contribution >= 0.6 is 0 Å². The zero-order valence-electron chi connectivity index (χ0n) is 7.79. The van der Waals surface area contributed by atoms with Crippen LogP contribution in [0.25, 0.3) is 0 Å². The molecule has 0 fully saturated rings. The summed E-state index contributed by atoms with van der Waals surface area (Å²) in [6, 6.07) is 0. The van der Waals surface area contributed by atoms with E-state index >= 15 is 0 Å². The molecule has 0 radical (unpaired) electrons. The van der Waals surface area contributed by atoms with Gasteiger partial charge in [-0.25, -0.2) is 13.1 Å². The highest BCUT2D eigenvalue weighted by atomic mass is 32.2. The van der Waals surface area contributed by atoms with E-state index in [1.54, 1.807) is 20.8 Å². The molecular weight excluding hydrogens is 178 g/mol. The maximum absolute atomic E-state index is 11.2. The van der Waals surface area contributed by atoms with Crippen LogP contribution < -0.4 is 4.72 Å². The molecule has 74 valence electrons. The Morgan fingerprint density at radius 2 is 1.92 bits per heavy atom. The molecule has 2 N–H and O–H groups in total. The van der Waals surface area contributed by atoms with Crippen LogP contribution in [0.2, 0.25) is 0 Å².